The Balaban J connectivity index is 1.46. The molecule has 7 nitrogen and oxygen atoms in total. The normalized spacial score (nSPS) is 19.8. The number of halogens is 1. The van der Waals surface area contributed by atoms with E-state index in [1.165, 1.54) is 39.0 Å². The zero-order valence-electron chi connectivity index (χ0n) is 19.4. The molecule has 0 bridgehead atoms. The zero-order chi connectivity index (χ0) is 23.3. The van der Waals surface area contributed by atoms with Crippen LogP contribution < -0.4 is 5.32 Å². The van der Waals surface area contributed by atoms with E-state index in [0.717, 1.165) is 24.9 Å². The van der Waals surface area contributed by atoms with Gasteiger partial charge in [-0.25, -0.2) is 4.98 Å². The highest BCUT2D eigenvalue weighted by Crippen LogP contribution is 2.47. The second-order valence-corrected chi connectivity index (χ2v) is 10.1. The van der Waals surface area contributed by atoms with Gasteiger partial charge in [0.2, 0.25) is 11.8 Å². The van der Waals surface area contributed by atoms with E-state index in [1.54, 1.807) is 12.7 Å². The van der Waals surface area contributed by atoms with Crippen molar-refractivity contribution >= 4 is 23.4 Å². The SMILES string of the molecule is CC(=O)N[C@H](Cc1ccc(Cl)cc1)C(=O)N1CCC(Cn2cncn2)(C2CCCCC2)CC1. The molecule has 2 amide bonds. The van der Waals surface area contributed by atoms with Crippen molar-refractivity contribution in [3.05, 3.63) is 47.5 Å². The molecule has 0 unspecified atom stereocenters. The average molecular weight is 472 g/mol. The molecule has 0 spiro atoms. The van der Waals surface area contributed by atoms with Crippen LogP contribution in [0.5, 0.6) is 0 Å². The minimum absolute atomic E-state index is 0.00171. The maximum atomic E-state index is 13.5. The minimum Gasteiger partial charge on any atom is -0.344 e. The molecule has 2 aliphatic rings. The Labute approximate surface area is 200 Å². The standard InChI is InChI=1S/C25H34ClN5O2/c1-19(32)29-23(15-20-7-9-22(26)10-8-20)24(33)30-13-11-25(12-14-30,16-31-18-27-17-28-31)21-5-3-2-4-6-21/h7-10,17-18,21,23H,2-6,11-16H2,1H3,(H,29,32)/t23-/m1/s1. The van der Waals surface area contributed by atoms with Crippen LogP contribution >= 0.6 is 11.6 Å². The van der Waals surface area contributed by atoms with Crippen molar-refractivity contribution in [1.29, 1.82) is 0 Å². The average Bonchev–Trinajstić information content (AvgIpc) is 3.33. The Morgan fingerprint density at radius 3 is 2.45 bits per heavy atom. The lowest BCUT2D eigenvalue weighted by atomic mass is 9.63. The molecule has 2 heterocycles. The van der Waals surface area contributed by atoms with Crippen LogP contribution in [-0.2, 0) is 22.6 Å². The molecular formula is C25H34ClN5O2. The molecule has 1 saturated carbocycles. The first kappa shape index (κ1) is 23.7. The van der Waals surface area contributed by atoms with Crippen molar-refractivity contribution in [3.8, 4) is 0 Å². The Morgan fingerprint density at radius 2 is 1.85 bits per heavy atom. The molecule has 1 N–H and O–H groups in total. The summed E-state index contributed by atoms with van der Waals surface area (Å²) in [5.74, 6) is 0.466. The molecule has 2 aromatic rings. The van der Waals surface area contributed by atoms with Gasteiger partial charge in [-0.15, -0.1) is 0 Å². The predicted octanol–water partition coefficient (Wildman–Crippen LogP) is 3.87. The Hall–Kier alpha value is -2.41. The summed E-state index contributed by atoms with van der Waals surface area (Å²) < 4.78 is 1.97. The summed E-state index contributed by atoms with van der Waals surface area (Å²) in [5, 5.41) is 7.92. The number of benzene rings is 1. The number of nitrogens with one attached hydrogen (secondary N) is 1. The van der Waals surface area contributed by atoms with Crippen molar-refractivity contribution in [2.75, 3.05) is 13.1 Å². The summed E-state index contributed by atoms with van der Waals surface area (Å²) in [5.41, 5.74) is 1.12. The fraction of sp³-hybridized carbons (Fsp3) is 0.600. The Morgan fingerprint density at radius 1 is 1.15 bits per heavy atom. The van der Waals surface area contributed by atoms with Crippen LogP contribution in [0.2, 0.25) is 5.02 Å². The van der Waals surface area contributed by atoms with Gasteiger partial charge in [0.15, 0.2) is 0 Å². The summed E-state index contributed by atoms with van der Waals surface area (Å²) >= 11 is 6.00. The van der Waals surface area contributed by atoms with Gasteiger partial charge in [-0.1, -0.05) is 43.0 Å². The second kappa shape index (κ2) is 10.7. The third-order valence-electron chi connectivity index (χ3n) is 7.51. The molecule has 1 saturated heterocycles. The minimum atomic E-state index is -0.568. The highest BCUT2D eigenvalue weighted by molar-refractivity contribution is 6.30. The number of carbonyl (C=O) groups excluding carboxylic acids is 2. The number of hydrogen-bond acceptors (Lipinski definition) is 4. The maximum Gasteiger partial charge on any atom is 0.245 e. The zero-order valence-corrected chi connectivity index (χ0v) is 20.1. The molecule has 1 atom stereocenters. The van der Waals surface area contributed by atoms with Crippen molar-refractivity contribution in [2.45, 2.75) is 70.9 Å². The number of piperidine rings is 1. The predicted molar refractivity (Wildman–Crippen MR) is 128 cm³/mol. The number of hydrogen-bond donors (Lipinski definition) is 1. The maximum absolute atomic E-state index is 13.5. The number of rotatable bonds is 7. The van der Waals surface area contributed by atoms with Crippen LogP contribution in [-0.4, -0.2) is 50.6 Å². The van der Waals surface area contributed by atoms with E-state index in [2.05, 4.69) is 15.4 Å². The van der Waals surface area contributed by atoms with E-state index in [9.17, 15) is 9.59 Å². The first-order valence-electron chi connectivity index (χ1n) is 12.1. The number of aromatic nitrogens is 3. The lowest BCUT2D eigenvalue weighted by molar-refractivity contribution is -0.139. The number of amides is 2. The third-order valence-corrected chi connectivity index (χ3v) is 7.77. The van der Waals surface area contributed by atoms with Gasteiger partial charge in [-0.2, -0.15) is 5.10 Å². The van der Waals surface area contributed by atoms with Gasteiger partial charge >= 0.3 is 0 Å². The molecule has 33 heavy (non-hydrogen) atoms. The van der Waals surface area contributed by atoms with Gasteiger partial charge < -0.3 is 10.2 Å². The van der Waals surface area contributed by atoms with E-state index in [1.807, 2.05) is 33.8 Å². The van der Waals surface area contributed by atoms with Gasteiger partial charge in [0, 0.05) is 38.0 Å². The van der Waals surface area contributed by atoms with Crippen LogP contribution in [0.4, 0.5) is 0 Å². The van der Waals surface area contributed by atoms with Gasteiger partial charge in [-0.3, -0.25) is 14.3 Å². The summed E-state index contributed by atoms with van der Waals surface area (Å²) in [6, 6.07) is 6.88. The van der Waals surface area contributed by atoms with Crippen LogP contribution in [0.25, 0.3) is 0 Å². The molecular weight excluding hydrogens is 438 g/mol. The van der Waals surface area contributed by atoms with Crippen molar-refractivity contribution < 1.29 is 9.59 Å². The third kappa shape index (κ3) is 5.94. The first-order chi connectivity index (χ1) is 15.9. The van der Waals surface area contributed by atoms with E-state index in [0.29, 0.717) is 30.5 Å². The summed E-state index contributed by atoms with van der Waals surface area (Å²) in [4.78, 5) is 31.4. The lowest BCUT2D eigenvalue weighted by Crippen LogP contribution is -2.54. The molecule has 1 aromatic carbocycles. The topological polar surface area (TPSA) is 80.1 Å². The lowest BCUT2D eigenvalue weighted by Gasteiger charge is -2.48. The van der Waals surface area contributed by atoms with Crippen LogP contribution in [0.3, 0.4) is 0 Å². The molecule has 1 aliphatic carbocycles. The molecule has 178 valence electrons. The summed E-state index contributed by atoms with van der Waals surface area (Å²) in [6.07, 6.45) is 12.2. The number of likely N-dealkylation sites (tertiary alicyclic amines) is 1. The largest absolute Gasteiger partial charge is 0.344 e. The van der Waals surface area contributed by atoms with Gasteiger partial charge in [0.05, 0.1) is 0 Å². The fourth-order valence-corrected chi connectivity index (χ4v) is 5.87. The second-order valence-electron chi connectivity index (χ2n) is 9.70. The monoisotopic (exact) mass is 471 g/mol. The summed E-state index contributed by atoms with van der Waals surface area (Å²) in [7, 11) is 0. The first-order valence-corrected chi connectivity index (χ1v) is 12.5. The van der Waals surface area contributed by atoms with Crippen LogP contribution in [0.1, 0.15) is 57.4 Å². The van der Waals surface area contributed by atoms with Crippen molar-refractivity contribution in [2.24, 2.45) is 11.3 Å². The molecule has 4 rings (SSSR count). The molecule has 0 radical (unpaired) electrons. The molecule has 1 aliphatic heterocycles. The van der Waals surface area contributed by atoms with Gasteiger partial charge in [-0.05, 0) is 54.7 Å². The van der Waals surface area contributed by atoms with Gasteiger partial charge in [0.25, 0.3) is 0 Å². The summed E-state index contributed by atoms with van der Waals surface area (Å²) in [6.45, 7) is 3.74. The number of nitrogens with zero attached hydrogens (tertiary/aromatic N) is 4. The van der Waals surface area contributed by atoms with Crippen LogP contribution in [0.15, 0.2) is 36.9 Å². The van der Waals surface area contributed by atoms with E-state index in [-0.39, 0.29) is 17.2 Å². The Kier molecular flexibility index (Phi) is 7.68. The van der Waals surface area contributed by atoms with E-state index in [4.69, 9.17) is 11.6 Å². The molecule has 8 heteroatoms. The smallest absolute Gasteiger partial charge is 0.245 e. The highest BCUT2D eigenvalue weighted by atomic mass is 35.5. The van der Waals surface area contributed by atoms with Crippen molar-refractivity contribution in [3.63, 3.8) is 0 Å². The molecule has 2 fully saturated rings. The van der Waals surface area contributed by atoms with Crippen LogP contribution in [0, 0.1) is 11.3 Å². The highest BCUT2D eigenvalue weighted by Gasteiger charge is 2.43. The van der Waals surface area contributed by atoms with E-state index >= 15 is 0 Å². The van der Waals surface area contributed by atoms with Crippen molar-refractivity contribution in [1.82, 2.24) is 25.0 Å². The quantitative estimate of drug-likeness (QED) is 0.664. The van der Waals surface area contributed by atoms with E-state index < -0.39 is 6.04 Å². The fourth-order valence-electron chi connectivity index (χ4n) is 5.74. The molecule has 1 aromatic heterocycles. The Bertz CT molecular complexity index is 917. The number of carbonyl (C=O) groups is 2. The van der Waals surface area contributed by atoms with Gasteiger partial charge in [0.1, 0.15) is 18.7 Å².